The molecule has 0 aromatic rings. The summed E-state index contributed by atoms with van der Waals surface area (Å²) in [5.74, 6) is -0.261. The minimum Gasteiger partial charge on any atom is -0.462 e. The maximum Gasteiger partial charge on any atom is 0.337 e. The number of esters is 1. The first-order valence-corrected chi connectivity index (χ1v) is 5.42. The molecule has 0 aliphatic heterocycles. The van der Waals surface area contributed by atoms with Crippen LogP contribution < -0.4 is 5.73 Å². The van der Waals surface area contributed by atoms with Gasteiger partial charge in [0.25, 0.3) is 0 Å². The molecule has 0 atom stereocenters. The van der Waals surface area contributed by atoms with E-state index in [4.69, 9.17) is 10.5 Å². The predicted octanol–water partition coefficient (Wildman–Crippen LogP) is 2.18. The lowest BCUT2D eigenvalue weighted by molar-refractivity contribution is -0.138. The topological polar surface area (TPSA) is 52.3 Å². The van der Waals surface area contributed by atoms with Crippen molar-refractivity contribution in [1.82, 2.24) is 0 Å². The van der Waals surface area contributed by atoms with E-state index < -0.39 is 0 Å². The molecule has 0 heterocycles. The molecule has 0 fully saturated rings. The number of hydrogen-bond acceptors (Lipinski definition) is 3. The van der Waals surface area contributed by atoms with Crippen LogP contribution in [0.3, 0.4) is 0 Å². The summed E-state index contributed by atoms with van der Waals surface area (Å²) in [5.41, 5.74) is 7.27. The highest BCUT2D eigenvalue weighted by molar-refractivity contribution is 5.91. The molecular formula is C12H21NO2. The Kier molecular flexibility index (Phi) is 7.64. The molecule has 0 rings (SSSR count). The van der Waals surface area contributed by atoms with Crippen LogP contribution in [-0.4, -0.2) is 19.1 Å². The second-order valence-corrected chi connectivity index (χ2v) is 3.16. The fourth-order valence-corrected chi connectivity index (χ4v) is 1.23. The SMILES string of the molecule is C/C=C(\C=C(/CC)CCN)C(=O)OCC. The number of hydrogen-bond donors (Lipinski definition) is 1. The summed E-state index contributed by atoms with van der Waals surface area (Å²) in [6.45, 7) is 6.70. The normalized spacial score (nSPS) is 12.8. The van der Waals surface area contributed by atoms with Crippen molar-refractivity contribution in [3.8, 4) is 0 Å². The van der Waals surface area contributed by atoms with Gasteiger partial charge in [0.2, 0.25) is 0 Å². The van der Waals surface area contributed by atoms with Crippen molar-refractivity contribution in [3.63, 3.8) is 0 Å². The summed E-state index contributed by atoms with van der Waals surface area (Å²) in [6, 6.07) is 0. The van der Waals surface area contributed by atoms with Gasteiger partial charge in [0.1, 0.15) is 0 Å². The Morgan fingerprint density at radius 2 is 2.07 bits per heavy atom. The highest BCUT2D eigenvalue weighted by Gasteiger charge is 2.07. The van der Waals surface area contributed by atoms with Crippen molar-refractivity contribution in [3.05, 3.63) is 23.3 Å². The fraction of sp³-hybridized carbons (Fsp3) is 0.583. The van der Waals surface area contributed by atoms with Gasteiger partial charge in [0, 0.05) is 0 Å². The van der Waals surface area contributed by atoms with Gasteiger partial charge in [-0.15, -0.1) is 0 Å². The quantitative estimate of drug-likeness (QED) is 0.416. The van der Waals surface area contributed by atoms with Crippen LogP contribution in [0.4, 0.5) is 0 Å². The van der Waals surface area contributed by atoms with Gasteiger partial charge in [0.15, 0.2) is 0 Å². The summed E-state index contributed by atoms with van der Waals surface area (Å²) in [7, 11) is 0. The number of carbonyl (C=O) groups excluding carboxylic acids is 1. The van der Waals surface area contributed by atoms with Gasteiger partial charge in [-0.1, -0.05) is 18.6 Å². The van der Waals surface area contributed by atoms with Crippen LogP contribution in [0.5, 0.6) is 0 Å². The Morgan fingerprint density at radius 3 is 2.47 bits per heavy atom. The molecule has 0 aromatic carbocycles. The predicted molar refractivity (Wildman–Crippen MR) is 62.4 cm³/mol. The van der Waals surface area contributed by atoms with Gasteiger partial charge in [0.05, 0.1) is 12.2 Å². The third-order valence-electron chi connectivity index (χ3n) is 2.10. The Balaban J connectivity index is 4.61. The molecule has 0 saturated heterocycles. The summed E-state index contributed by atoms with van der Waals surface area (Å²) in [6.07, 6.45) is 5.39. The van der Waals surface area contributed by atoms with Crippen LogP contribution >= 0.6 is 0 Å². The van der Waals surface area contributed by atoms with Crippen LogP contribution in [0.2, 0.25) is 0 Å². The van der Waals surface area contributed by atoms with Crippen molar-refractivity contribution in [2.45, 2.75) is 33.6 Å². The highest BCUT2D eigenvalue weighted by Crippen LogP contribution is 2.11. The molecular weight excluding hydrogens is 190 g/mol. The van der Waals surface area contributed by atoms with E-state index in [1.807, 2.05) is 13.0 Å². The van der Waals surface area contributed by atoms with Crippen molar-refractivity contribution in [2.24, 2.45) is 5.73 Å². The van der Waals surface area contributed by atoms with Crippen LogP contribution in [-0.2, 0) is 9.53 Å². The Morgan fingerprint density at radius 1 is 1.40 bits per heavy atom. The van der Waals surface area contributed by atoms with E-state index in [-0.39, 0.29) is 5.97 Å². The Bertz CT molecular complexity index is 254. The second-order valence-electron chi connectivity index (χ2n) is 3.16. The largest absolute Gasteiger partial charge is 0.462 e. The van der Waals surface area contributed by atoms with Crippen molar-refractivity contribution in [2.75, 3.05) is 13.2 Å². The lowest BCUT2D eigenvalue weighted by Crippen LogP contribution is -2.07. The van der Waals surface area contributed by atoms with Gasteiger partial charge < -0.3 is 10.5 Å². The summed E-state index contributed by atoms with van der Waals surface area (Å²) in [5, 5.41) is 0. The van der Waals surface area contributed by atoms with Gasteiger partial charge in [-0.2, -0.15) is 0 Å². The molecule has 0 bridgehead atoms. The van der Waals surface area contributed by atoms with Gasteiger partial charge in [-0.25, -0.2) is 4.79 Å². The zero-order valence-electron chi connectivity index (χ0n) is 9.88. The number of ether oxygens (including phenoxy) is 1. The van der Waals surface area contributed by atoms with Crippen LogP contribution in [0.25, 0.3) is 0 Å². The first-order valence-electron chi connectivity index (χ1n) is 5.42. The van der Waals surface area contributed by atoms with Crippen LogP contribution in [0.15, 0.2) is 23.3 Å². The monoisotopic (exact) mass is 211 g/mol. The standard InChI is InChI=1S/C12H21NO2/c1-4-10(7-8-13)9-11(5-2)12(14)15-6-3/h5,9H,4,6-8,13H2,1-3H3/b10-9+,11-5+. The molecule has 0 aliphatic rings. The summed E-state index contributed by atoms with van der Waals surface area (Å²) in [4.78, 5) is 11.5. The molecule has 0 unspecified atom stereocenters. The zero-order valence-corrected chi connectivity index (χ0v) is 9.88. The zero-order chi connectivity index (χ0) is 11.7. The Labute approximate surface area is 92.0 Å². The van der Waals surface area contributed by atoms with E-state index >= 15 is 0 Å². The molecule has 0 amide bonds. The summed E-state index contributed by atoms with van der Waals surface area (Å²) >= 11 is 0. The van der Waals surface area contributed by atoms with E-state index in [2.05, 4.69) is 6.92 Å². The molecule has 0 radical (unpaired) electrons. The average molecular weight is 211 g/mol. The fourth-order valence-electron chi connectivity index (χ4n) is 1.23. The van der Waals surface area contributed by atoms with E-state index in [0.717, 1.165) is 12.8 Å². The average Bonchev–Trinajstić information content (AvgIpc) is 2.24. The van der Waals surface area contributed by atoms with Crippen molar-refractivity contribution >= 4 is 5.97 Å². The third-order valence-corrected chi connectivity index (χ3v) is 2.10. The molecule has 15 heavy (non-hydrogen) atoms. The maximum atomic E-state index is 11.5. The number of nitrogens with two attached hydrogens (primary N) is 1. The van der Waals surface area contributed by atoms with Gasteiger partial charge >= 0.3 is 5.97 Å². The van der Waals surface area contributed by atoms with Crippen LogP contribution in [0.1, 0.15) is 33.6 Å². The van der Waals surface area contributed by atoms with E-state index in [0.29, 0.717) is 18.7 Å². The number of carbonyl (C=O) groups is 1. The molecule has 3 heteroatoms. The molecule has 3 nitrogen and oxygen atoms in total. The minimum atomic E-state index is -0.261. The molecule has 0 saturated carbocycles. The van der Waals surface area contributed by atoms with E-state index in [1.54, 1.807) is 13.0 Å². The van der Waals surface area contributed by atoms with Gasteiger partial charge in [-0.05, 0) is 39.3 Å². The molecule has 2 N–H and O–H groups in total. The molecule has 86 valence electrons. The van der Waals surface area contributed by atoms with E-state index in [1.165, 1.54) is 5.57 Å². The lowest BCUT2D eigenvalue weighted by Gasteiger charge is -2.05. The lowest BCUT2D eigenvalue weighted by atomic mass is 10.1. The first-order chi connectivity index (χ1) is 7.19. The van der Waals surface area contributed by atoms with Crippen molar-refractivity contribution < 1.29 is 9.53 Å². The molecule has 0 aromatic heterocycles. The smallest absolute Gasteiger partial charge is 0.337 e. The highest BCUT2D eigenvalue weighted by atomic mass is 16.5. The minimum absolute atomic E-state index is 0.261. The second kappa shape index (κ2) is 8.24. The van der Waals surface area contributed by atoms with Gasteiger partial charge in [-0.3, -0.25) is 0 Å². The maximum absolute atomic E-state index is 11.5. The summed E-state index contributed by atoms with van der Waals surface area (Å²) < 4.78 is 4.94. The molecule has 0 spiro atoms. The first kappa shape index (κ1) is 13.9. The van der Waals surface area contributed by atoms with E-state index in [9.17, 15) is 4.79 Å². The number of rotatable bonds is 6. The molecule has 0 aliphatic carbocycles. The van der Waals surface area contributed by atoms with Crippen molar-refractivity contribution in [1.29, 1.82) is 0 Å². The van der Waals surface area contributed by atoms with Crippen LogP contribution in [0, 0.1) is 0 Å². The Hall–Kier alpha value is -1.09. The number of allylic oxidation sites excluding steroid dienone is 1. The third kappa shape index (κ3) is 5.37.